The van der Waals surface area contributed by atoms with Crippen LogP contribution in [0.4, 0.5) is 0 Å². The third kappa shape index (κ3) is 1.47. The Hall–Kier alpha value is -0.470. The van der Waals surface area contributed by atoms with Gasteiger partial charge >= 0.3 is 0 Å². The van der Waals surface area contributed by atoms with Crippen LogP contribution in [-0.4, -0.2) is 0 Å². The minimum Gasteiger partial charge on any atom is -0.460 e. The number of hydrogen-bond donors (Lipinski definition) is 0. The SMILES string of the molecule is CCc1c(C)oc2c(Br)cc(Cl)cc12. The second-order valence-corrected chi connectivity index (χ2v) is 4.55. The van der Waals surface area contributed by atoms with Gasteiger partial charge in [-0.2, -0.15) is 0 Å². The number of aryl methyl sites for hydroxylation is 2. The minimum absolute atomic E-state index is 0.736. The average molecular weight is 274 g/mol. The molecule has 0 amide bonds. The molecule has 2 rings (SSSR count). The van der Waals surface area contributed by atoms with Crippen LogP contribution in [0.5, 0.6) is 0 Å². The fraction of sp³-hybridized carbons (Fsp3) is 0.273. The third-order valence-corrected chi connectivity index (χ3v) is 3.17. The summed E-state index contributed by atoms with van der Waals surface area (Å²) in [5.41, 5.74) is 2.13. The number of fused-ring (bicyclic) bond motifs is 1. The van der Waals surface area contributed by atoms with E-state index in [1.165, 1.54) is 5.56 Å². The molecule has 3 heteroatoms. The molecule has 1 aromatic carbocycles. The molecule has 0 fully saturated rings. The van der Waals surface area contributed by atoms with Crippen LogP contribution in [0, 0.1) is 6.92 Å². The lowest BCUT2D eigenvalue weighted by atomic mass is 10.1. The molecule has 1 aromatic heterocycles. The molecule has 0 radical (unpaired) electrons. The molecular weight excluding hydrogens is 263 g/mol. The zero-order valence-corrected chi connectivity index (χ0v) is 10.4. The summed E-state index contributed by atoms with van der Waals surface area (Å²) in [6.45, 7) is 4.10. The fourth-order valence-corrected chi connectivity index (χ4v) is 2.62. The molecule has 0 saturated carbocycles. The highest BCUT2D eigenvalue weighted by atomic mass is 79.9. The molecule has 0 aliphatic carbocycles. The predicted octanol–water partition coefficient (Wildman–Crippen LogP) is 4.72. The van der Waals surface area contributed by atoms with Crippen molar-refractivity contribution in [3.8, 4) is 0 Å². The molecule has 0 unspecified atom stereocenters. The van der Waals surface area contributed by atoms with E-state index in [0.29, 0.717) is 0 Å². The highest BCUT2D eigenvalue weighted by Crippen LogP contribution is 2.34. The molecular formula is C11H10BrClO. The Labute approximate surface area is 96.2 Å². The number of rotatable bonds is 1. The largest absolute Gasteiger partial charge is 0.460 e. The maximum atomic E-state index is 5.99. The smallest absolute Gasteiger partial charge is 0.148 e. The van der Waals surface area contributed by atoms with Crippen LogP contribution in [0.15, 0.2) is 21.0 Å². The molecule has 1 nitrogen and oxygen atoms in total. The Kier molecular flexibility index (Phi) is 2.58. The van der Waals surface area contributed by atoms with E-state index in [2.05, 4.69) is 22.9 Å². The van der Waals surface area contributed by atoms with Gasteiger partial charge in [0.2, 0.25) is 0 Å². The van der Waals surface area contributed by atoms with Crippen molar-refractivity contribution in [2.45, 2.75) is 20.3 Å². The lowest BCUT2D eigenvalue weighted by Gasteiger charge is -1.96. The van der Waals surface area contributed by atoms with Crippen molar-refractivity contribution in [1.29, 1.82) is 0 Å². The van der Waals surface area contributed by atoms with Crippen molar-refractivity contribution in [2.75, 3.05) is 0 Å². The number of furan rings is 1. The van der Waals surface area contributed by atoms with Gasteiger partial charge in [0.05, 0.1) is 4.47 Å². The van der Waals surface area contributed by atoms with E-state index in [1.54, 1.807) is 0 Å². The Morgan fingerprint density at radius 1 is 1.43 bits per heavy atom. The number of benzene rings is 1. The molecule has 0 bridgehead atoms. The van der Waals surface area contributed by atoms with Crippen LogP contribution >= 0.6 is 27.5 Å². The Balaban J connectivity index is 2.87. The van der Waals surface area contributed by atoms with Crippen LogP contribution in [0.1, 0.15) is 18.2 Å². The van der Waals surface area contributed by atoms with Gasteiger partial charge in [-0.05, 0) is 41.4 Å². The summed E-state index contributed by atoms with van der Waals surface area (Å²) in [6.07, 6.45) is 0.964. The van der Waals surface area contributed by atoms with Gasteiger partial charge in [-0.25, -0.2) is 0 Å². The predicted molar refractivity (Wildman–Crippen MR) is 63.0 cm³/mol. The molecule has 2 aromatic rings. The molecule has 0 N–H and O–H groups in total. The van der Waals surface area contributed by atoms with Crippen LogP contribution in [0.3, 0.4) is 0 Å². The molecule has 74 valence electrons. The van der Waals surface area contributed by atoms with Gasteiger partial charge in [-0.15, -0.1) is 0 Å². The first-order chi connectivity index (χ1) is 6.63. The first-order valence-electron chi connectivity index (χ1n) is 4.50. The van der Waals surface area contributed by atoms with E-state index in [-0.39, 0.29) is 0 Å². The second kappa shape index (κ2) is 3.59. The molecule has 0 aliphatic heterocycles. The van der Waals surface area contributed by atoms with Gasteiger partial charge in [0.25, 0.3) is 0 Å². The molecule has 0 atom stereocenters. The quantitative estimate of drug-likeness (QED) is 0.733. The van der Waals surface area contributed by atoms with Crippen molar-refractivity contribution in [3.05, 3.63) is 33.0 Å². The van der Waals surface area contributed by atoms with Gasteiger partial charge in [0.15, 0.2) is 0 Å². The van der Waals surface area contributed by atoms with Crippen molar-refractivity contribution in [2.24, 2.45) is 0 Å². The summed E-state index contributed by atoms with van der Waals surface area (Å²) in [5.74, 6) is 0.977. The fourth-order valence-electron chi connectivity index (χ4n) is 1.73. The van der Waals surface area contributed by atoms with E-state index in [4.69, 9.17) is 16.0 Å². The maximum absolute atomic E-state index is 5.99. The minimum atomic E-state index is 0.736. The van der Waals surface area contributed by atoms with Gasteiger partial charge < -0.3 is 4.42 Å². The first kappa shape index (κ1) is 10.1. The summed E-state index contributed by atoms with van der Waals surface area (Å²) < 4.78 is 6.59. The Morgan fingerprint density at radius 2 is 2.14 bits per heavy atom. The van der Waals surface area contributed by atoms with Crippen molar-refractivity contribution in [1.82, 2.24) is 0 Å². The number of hydrogen-bond acceptors (Lipinski definition) is 1. The van der Waals surface area contributed by atoms with E-state index in [0.717, 1.165) is 32.6 Å². The monoisotopic (exact) mass is 272 g/mol. The zero-order chi connectivity index (χ0) is 10.3. The second-order valence-electron chi connectivity index (χ2n) is 3.25. The normalized spacial score (nSPS) is 11.1. The highest BCUT2D eigenvalue weighted by Gasteiger charge is 2.12. The zero-order valence-electron chi connectivity index (χ0n) is 8.03. The topological polar surface area (TPSA) is 13.1 Å². The summed E-state index contributed by atoms with van der Waals surface area (Å²) in [6, 6.07) is 3.81. The first-order valence-corrected chi connectivity index (χ1v) is 5.67. The van der Waals surface area contributed by atoms with Gasteiger partial charge in [0, 0.05) is 16.0 Å². The maximum Gasteiger partial charge on any atom is 0.148 e. The van der Waals surface area contributed by atoms with Crippen LogP contribution in [0.2, 0.25) is 5.02 Å². The van der Waals surface area contributed by atoms with Crippen LogP contribution in [0.25, 0.3) is 11.0 Å². The molecule has 0 saturated heterocycles. The van der Waals surface area contributed by atoms with Gasteiger partial charge in [0.1, 0.15) is 11.3 Å². The molecule has 14 heavy (non-hydrogen) atoms. The molecule has 0 aliphatic rings. The van der Waals surface area contributed by atoms with Crippen LogP contribution in [-0.2, 0) is 6.42 Å². The van der Waals surface area contributed by atoms with Crippen molar-refractivity contribution >= 4 is 38.5 Å². The highest BCUT2D eigenvalue weighted by molar-refractivity contribution is 9.10. The number of halogens is 2. The lowest BCUT2D eigenvalue weighted by Crippen LogP contribution is -1.79. The van der Waals surface area contributed by atoms with Crippen LogP contribution < -0.4 is 0 Å². The van der Waals surface area contributed by atoms with E-state index < -0.39 is 0 Å². The Morgan fingerprint density at radius 3 is 2.79 bits per heavy atom. The van der Waals surface area contributed by atoms with E-state index >= 15 is 0 Å². The van der Waals surface area contributed by atoms with E-state index in [1.807, 2.05) is 19.1 Å². The summed E-state index contributed by atoms with van der Waals surface area (Å²) in [7, 11) is 0. The third-order valence-electron chi connectivity index (χ3n) is 2.37. The molecule has 1 heterocycles. The summed E-state index contributed by atoms with van der Waals surface area (Å²) >= 11 is 9.44. The van der Waals surface area contributed by atoms with Crippen molar-refractivity contribution < 1.29 is 4.42 Å². The average Bonchev–Trinajstić information content (AvgIpc) is 2.41. The van der Waals surface area contributed by atoms with E-state index in [9.17, 15) is 0 Å². The molecule has 0 spiro atoms. The summed E-state index contributed by atoms with van der Waals surface area (Å²) in [5, 5.41) is 1.85. The van der Waals surface area contributed by atoms with Crippen molar-refractivity contribution in [3.63, 3.8) is 0 Å². The summed E-state index contributed by atoms with van der Waals surface area (Å²) in [4.78, 5) is 0. The standard InChI is InChI=1S/C11H10BrClO/c1-3-8-6(2)14-11-9(8)4-7(13)5-10(11)12/h4-5H,3H2,1-2H3. The Bertz CT molecular complexity index is 487. The lowest BCUT2D eigenvalue weighted by molar-refractivity contribution is 0.571. The van der Waals surface area contributed by atoms with Gasteiger partial charge in [-0.1, -0.05) is 18.5 Å². The van der Waals surface area contributed by atoms with Gasteiger partial charge in [-0.3, -0.25) is 0 Å².